The lowest BCUT2D eigenvalue weighted by Crippen LogP contribution is -2.07. The highest BCUT2D eigenvalue weighted by molar-refractivity contribution is 9.10. The molecule has 2 N–H and O–H groups in total. The highest BCUT2D eigenvalue weighted by atomic mass is 79.9. The summed E-state index contributed by atoms with van der Waals surface area (Å²) in [6.07, 6.45) is 1.80. The second kappa shape index (κ2) is 5.25. The number of aromatic amines is 1. The summed E-state index contributed by atoms with van der Waals surface area (Å²) >= 11 is 3.40. The molecule has 1 atom stereocenters. The first kappa shape index (κ1) is 13.1. The van der Waals surface area contributed by atoms with Crippen LogP contribution < -0.4 is 5.32 Å². The summed E-state index contributed by atoms with van der Waals surface area (Å²) in [5.41, 5.74) is 2.99. The Morgan fingerprint density at radius 1 is 1.30 bits per heavy atom. The standard InChI is InChI=1S/C15H13BrFN3/c1-9(11-6-5-10(17)7-13(11)16)19-14-3-2-4-15-12(14)8-18-20-15/h2-9,19H,1H3,(H,18,20). The third-order valence-electron chi connectivity index (χ3n) is 3.29. The molecule has 0 bridgehead atoms. The van der Waals surface area contributed by atoms with E-state index >= 15 is 0 Å². The monoisotopic (exact) mass is 333 g/mol. The zero-order chi connectivity index (χ0) is 14.1. The SMILES string of the molecule is CC(Nc1cccc2[nH]ncc12)c1ccc(F)cc1Br. The van der Waals surface area contributed by atoms with E-state index in [1.807, 2.05) is 25.1 Å². The van der Waals surface area contributed by atoms with Crippen molar-refractivity contribution in [3.63, 3.8) is 0 Å². The second-order valence-corrected chi connectivity index (χ2v) is 5.52. The molecular formula is C15H13BrFN3. The first-order valence-corrected chi connectivity index (χ1v) is 7.08. The van der Waals surface area contributed by atoms with Gasteiger partial charge < -0.3 is 5.32 Å². The number of hydrogen-bond acceptors (Lipinski definition) is 2. The molecule has 1 aromatic heterocycles. The maximum absolute atomic E-state index is 13.1. The summed E-state index contributed by atoms with van der Waals surface area (Å²) in [4.78, 5) is 0. The first-order chi connectivity index (χ1) is 9.65. The molecule has 3 rings (SSSR count). The third kappa shape index (κ3) is 2.41. The molecule has 5 heteroatoms. The number of nitrogens with zero attached hydrogens (tertiary/aromatic N) is 1. The number of halogens is 2. The van der Waals surface area contributed by atoms with Crippen LogP contribution in [0, 0.1) is 5.82 Å². The quantitative estimate of drug-likeness (QED) is 0.733. The Morgan fingerprint density at radius 2 is 2.15 bits per heavy atom. The lowest BCUT2D eigenvalue weighted by molar-refractivity contribution is 0.625. The van der Waals surface area contributed by atoms with E-state index in [4.69, 9.17) is 0 Å². The van der Waals surface area contributed by atoms with Crippen molar-refractivity contribution in [3.05, 3.63) is 58.4 Å². The highest BCUT2D eigenvalue weighted by Gasteiger charge is 2.11. The van der Waals surface area contributed by atoms with Gasteiger partial charge in [-0.05, 0) is 36.8 Å². The molecule has 0 fully saturated rings. The van der Waals surface area contributed by atoms with Crippen LogP contribution in [0.15, 0.2) is 47.1 Å². The molecule has 102 valence electrons. The van der Waals surface area contributed by atoms with Gasteiger partial charge in [0.25, 0.3) is 0 Å². The molecule has 0 aliphatic rings. The molecule has 2 aromatic carbocycles. The zero-order valence-corrected chi connectivity index (χ0v) is 12.4. The maximum Gasteiger partial charge on any atom is 0.124 e. The average Bonchev–Trinajstić information content (AvgIpc) is 2.87. The predicted molar refractivity (Wildman–Crippen MR) is 82.2 cm³/mol. The molecule has 0 saturated heterocycles. The Balaban J connectivity index is 1.92. The maximum atomic E-state index is 13.1. The van der Waals surface area contributed by atoms with E-state index < -0.39 is 0 Å². The van der Waals surface area contributed by atoms with Crippen LogP contribution in [0.4, 0.5) is 10.1 Å². The Hall–Kier alpha value is -1.88. The summed E-state index contributed by atoms with van der Waals surface area (Å²) in [6, 6.07) is 10.7. The van der Waals surface area contributed by atoms with Crippen molar-refractivity contribution < 1.29 is 4.39 Å². The lowest BCUT2D eigenvalue weighted by Gasteiger charge is -2.17. The van der Waals surface area contributed by atoms with Gasteiger partial charge in [-0.25, -0.2) is 4.39 Å². The number of fused-ring (bicyclic) bond motifs is 1. The molecule has 3 aromatic rings. The van der Waals surface area contributed by atoms with Crippen molar-refractivity contribution in [2.75, 3.05) is 5.32 Å². The number of H-pyrrole nitrogens is 1. The molecular weight excluding hydrogens is 321 g/mol. The molecule has 0 amide bonds. The Morgan fingerprint density at radius 3 is 2.95 bits per heavy atom. The van der Waals surface area contributed by atoms with Crippen LogP contribution in [0.2, 0.25) is 0 Å². The van der Waals surface area contributed by atoms with Crippen molar-refractivity contribution in [2.24, 2.45) is 0 Å². The van der Waals surface area contributed by atoms with Crippen molar-refractivity contribution in [1.29, 1.82) is 0 Å². The van der Waals surface area contributed by atoms with Crippen LogP contribution in [-0.2, 0) is 0 Å². The van der Waals surface area contributed by atoms with Crippen molar-refractivity contribution in [2.45, 2.75) is 13.0 Å². The topological polar surface area (TPSA) is 40.7 Å². The summed E-state index contributed by atoms with van der Waals surface area (Å²) < 4.78 is 13.9. The Labute approximate surface area is 124 Å². The molecule has 1 heterocycles. The highest BCUT2D eigenvalue weighted by Crippen LogP contribution is 2.29. The van der Waals surface area contributed by atoms with E-state index in [1.54, 1.807) is 12.3 Å². The van der Waals surface area contributed by atoms with Gasteiger partial charge in [-0.1, -0.05) is 28.1 Å². The van der Waals surface area contributed by atoms with Crippen LogP contribution in [0.1, 0.15) is 18.5 Å². The number of nitrogens with one attached hydrogen (secondary N) is 2. The lowest BCUT2D eigenvalue weighted by atomic mass is 10.1. The molecule has 0 spiro atoms. The van der Waals surface area contributed by atoms with Gasteiger partial charge in [-0.2, -0.15) is 5.10 Å². The molecule has 0 radical (unpaired) electrons. The third-order valence-corrected chi connectivity index (χ3v) is 3.97. The molecule has 20 heavy (non-hydrogen) atoms. The first-order valence-electron chi connectivity index (χ1n) is 6.29. The molecule has 0 aliphatic heterocycles. The van der Waals surface area contributed by atoms with Crippen LogP contribution in [0.25, 0.3) is 10.9 Å². The van der Waals surface area contributed by atoms with Gasteiger partial charge in [-0.3, -0.25) is 5.10 Å². The summed E-state index contributed by atoms with van der Waals surface area (Å²) in [5.74, 6) is -0.246. The van der Waals surface area contributed by atoms with Gasteiger partial charge in [0.05, 0.1) is 11.7 Å². The number of hydrogen-bond donors (Lipinski definition) is 2. The van der Waals surface area contributed by atoms with Gasteiger partial charge in [0.1, 0.15) is 5.82 Å². The fourth-order valence-electron chi connectivity index (χ4n) is 2.26. The van der Waals surface area contributed by atoms with Gasteiger partial charge in [-0.15, -0.1) is 0 Å². The minimum absolute atomic E-state index is 0.0467. The number of anilines is 1. The number of benzene rings is 2. The minimum Gasteiger partial charge on any atom is -0.378 e. The number of aromatic nitrogens is 2. The Kier molecular flexibility index (Phi) is 3.44. The largest absolute Gasteiger partial charge is 0.378 e. The van der Waals surface area contributed by atoms with Crippen molar-refractivity contribution in [1.82, 2.24) is 10.2 Å². The summed E-state index contributed by atoms with van der Waals surface area (Å²) in [6.45, 7) is 2.04. The van der Waals surface area contributed by atoms with Crippen molar-refractivity contribution >= 4 is 32.5 Å². The molecule has 0 aliphatic carbocycles. The van der Waals surface area contributed by atoms with E-state index in [0.717, 1.165) is 26.6 Å². The second-order valence-electron chi connectivity index (χ2n) is 4.67. The summed E-state index contributed by atoms with van der Waals surface area (Å²) in [5, 5.41) is 11.5. The Bertz CT molecular complexity index is 754. The van der Waals surface area contributed by atoms with E-state index in [-0.39, 0.29) is 11.9 Å². The zero-order valence-electron chi connectivity index (χ0n) is 10.8. The van der Waals surface area contributed by atoms with E-state index in [9.17, 15) is 4.39 Å². The van der Waals surface area contributed by atoms with E-state index in [0.29, 0.717) is 0 Å². The van der Waals surface area contributed by atoms with Crippen LogP contribution >= 0.6 is 15.9 Å². The summed E-state index contributed by atoms with van der Waals surface area (Å²) in [7, 11) is 0. The fourth-order valence-corrected chi connectivity index (χ4v) is 2.95. The number of rotatable bonds is 3. The molecule has 1 unspecified atom stereocenters. The van der Waals surface area contributed by atoms with Crippen molar-refractivity contribution in [3.8, 4) is 0 Å². The van der Waals surface area contributed by atoms with Crippen LogP contribution in [0.3, 0.4) is 0 Å². The van der Waals surface area contributed by atoms with E-state index in [1.165, 1.54) is 12.1 Å². The molecule has 3 nitrogen and oxygen atoms in total. The van der Waals surface area contributed by atoms with Gasteiger partial charge in [0.15, 0.2) is 0 Å². The van der Waals surface area contributed by atoms with E-state index in [2.05, 4.69) is 31.4 Å². The molecule has 0 saturated carbocycles. The average molecular weight is 334 g/mol. The van der Waals surface area contributed by atoms with Crippen LogP contribution in [-0.4, -0.2) is 10.2 Å². The van der Waals surface area contributed by atoms with Crippen LogP contribution in [0.5, 0.6) is 0 Å². The smallest absolute Gasteiger partial charge is 0.124 e. The fraction of sp³-hybridized carbons (Fsp3) is 0.133. The predicted octanol–water partition coefficient (Wildman–Crippen LogP) is 4.64. The minimum atomic E-state index is -0.246. The van der Waals surface area contributed by atoms with Gasteiger partial charge >= 0.3 is 0 Å². The van der Waals surface area contributed by atoms with Gasteiger partial charge in [0, 0.05) is 21.6 Å². The normalized spacial score (nSPS) is 12.6. The van der Waals surface area contributed by atoms with Gasteiger partial charge in [0.2, 0.25) is 0 Å².